The van der Waals surface area contributed by atoms with Crippen LogP contribution in [0.4, 0.5) is 0 Å². The van der Waals surface area contributed by atoms with Crippen LogP contribution in [0.5, 0.6) is 5.95 Å². The largest absolute Gasteiger partial charge is 0.480 e. The molecular weight excluding hydrogens is 238 g/mol. The summed E-state index contributed by atoms with van der Waals surface area (Å²) < 4.78 is 10.2. The molecular formula is C12H17NO5. The molecule has 1 amide bonds. The predicted molar refractivity (Wildman–Crippen MR) is 63.7 cm³/mol. The lowest BCUT2D eigenvalue weighted by Gasteiger charge is -2.12. The topological polar surface area (TPSA) is 88.8 Å². The molecule has 1 aromatic rings. The van der Waals surface area contributed by atoms with Crippen molar-refractivity contribution in [2.24, 2.45) is 0 Å². The molecule has 0 spiro atoms. The standard InChI is InChI=1S/C12H17NO5/c1-3-5-8(12(15)16)13-11(14)9-6-7-10(18-9)17-4-2/h6-8H,3-5H2,1-2H3,(H,13,14)(H,15,16)/t8-/m0/s1. The van der Waals surface area contributed by atoms with E-state index in [4.69, 9.17) is 14.3 Å². The molecule has 2 N–H and O–H groups in total. The van der Waals surface area contributed by atoms with Gasteiger partial charge in [0.2, 0.25) is 0 Å². The summed E-state index contributed by atoms with van der Waals surface area (Å²) in [6, 6.07) is 2.07. The van der Waals surface area contributed by atoms with E-state index in [-0.39, 0.29) is 11.7 Å². The minimum absolute atomic E-state index is 0.0424. The van der Waals surface area contributed by atoms with Crippen LogP contribution in [-0.4, -0.2) is 29.6 Å². The first kappa shape index (κ1) is 14.1. The second kappa shape index (κ2) is 6.68. The first-order valence-corrected chi connectivity index (χ1v) is 5.84. The van der Waals surface area contributed by atoms with Crippen molar-refractivity contribution in [3.63, 3.8) is 0 Å². The van der Waals surface area contributed by atoms with Gasteiger partial charge in [0.15, 0.2) is 5.76 Å². The molecule has 0 radical (unpaired) electrons. The van der Waals surface area contributed by atoms with Crippen LogP contribution >= 0.6 is 0 Å². The summed E-state index contributed by atoms with van der Waals surface area (Å²) in [7, 11) is 0. The second-order valence-electron chi connectivity index (χ2n) is 3.70. The molecule has 0 aliphatic carbocycles. The zero-order valence-corrected chi connectivity index (χ0v) is 10.4. The van der Waals surface area contributed by atoms with Crippen molar-refractivity contribution in [2.75, 3.05) is 6.61 Å². The predicted octanol–water partition coefficient (Wildman–Crippen LogP) is 1.66. The quantitative estimate of drug-likeness (QED) is 0.773. The number of carboxylic acids is 1. The number of ether oxygens (including phenoxy) is 1. The lowest BCUT2D eigenvalue weighted by atomic mass is 10.1. The van der Waals surface area contributed by atoms with Gasteiger partial charge in [-0.05, 0) is 19.4 Å². The van der Waals surface area contributed by atoms with Gasteiger partial charge in [0.25, 0.3) is 11.9 Å². The van der Waals surface area contributed by atoms with E-state index < -0.39 is 17.9 Å². The number of carbonyl (C=O) groups is 2. The molecule has 0 fully saturated rings. The zero-order chi connectivity index (χ0) is 13.5. The molecule has 0 saturated heterocycles. The summed E-state index contributed by atoms with van der Waals surface area (Å²) in [5, 5.41) is 11.3. The van der Waals surface area contributed by atoms with E-state index in [1.165, 1.54) is 12.1 Å². The monoisotopic (exact) mass is 255 g/mol. The molecule has 0 aliphatic heterocycles. The van der Waals surface area contributed by atoms with E-state index in [2.05, 4.69) is 5.32 Å². The molecule has 100 valence electrons. The van der Waals surface area contributed by atoms with Gasteiger partial charge in [-0.25, -0.2) is 4.79 Å². The van der Waals surface area contributed by atoms with Crippen LogP contribution in [0.25, 0.3) is 0 Å². The fraction of sp³-hybridized carbons (Fsp3) is 0.500. The smallest absolute Gasteiger partial charge is 0.326 e. The Kier molecular flexibility index (Phi) is 5.23. The van der Waals surface area contributed by atoms with E-state index in [0.717, 1.165) is 0 Å². The van der Waals surface area contributed by atoms with Crippen LogP contribution in [0.1, 0.15) is 37.2 Å². The Hall–Kier alpha value is -1.98. The van der Waals surface area contributed by atoms with Gasteiger partial charge in [-0.1, -0.05) is 13.3 Å². The van der Waals surface area contributed by atoms with Crippen LogP contribution in [-0.2, 0) is 4.79 Å². The highest BCUT2D eigenvalue weighted by molar-refractivity contribution is 5.94. The number of hydrogen-bond acceptors (Lipinski definition) is 4. The van der Waals surface area contributed by atoms with Gasteiger partial charge >= 0.3 is 5.97 Å². The van der Waals surface area contributed by atoms with Gasteiger partial charge in [0.1, 0.15) is 6.04 Å². The van der Waals surface area contributed by atoms with Crippen LogP contribution in [0.15, 0.2) is 16.5 Å². The number of furan rings is 1. The minimum Gasteiger partial charge on any atom is -0.480 e. The van der Waals surface area contributed by atoms with Crippen molar-refractivity contribution >= 4 is 11.9 Å². The molecule has 18 heavy (non-hydrogen) atoms. The third kappa shape index (κ3) is 3.80. The van der Waals surface area contributed by atoms with Crippen molar-refractivity contribution in [1.29, 1.82) is 0 Å². The van der Waals surface area contributed by atoms with Crippen molar-refractivity contribution < 1.29 is 23.8 Å². The fourth-order valence-corrected chi connectivity index (χ4v) is 1.44. The molecule has 0 aromatic carbocycles. The highest BCUT2D eigenvalue weighted by Gasteiger charge is 2.21. The van der Waals surface area contributed by atoms with Crippen LogP contribution in [0.3, 0.4) is 0 Å². The van der Waals surface area contributed by atoms with E-state index in [0.29, 0.717) is 19.4 Å². The summed E-state index contributed by atoms with van der Waals surface area (Å²) in [4.78, 5) is 22.6. The normalized spacial score (nSPS) is 11.9. The lowest BCUT2D eigenvalue weighted by molar-refractivity contribution is -0.139. The molecule has 6 heteroatoms. The molecule has 1 heterocycles. The fourth-order valence-electron chi connectivity index (χ4n) is 1.44. The van der Waals surface area contributed by atoms with E-state index in [1.807, 2.05) is 6.92 Å². The van der Waals surface area contributed by atoms with Crippen LogP contribution in [0.2, 0.25) is 0 Å². The summed E-state index contributed by atoms with van der Waals surface area (Å²) >= 11 is 0. The third-order valence-electron chi connectivity index (χ3n) is 2.27. The average Bonchev–Trinajstić information content (AvgIpc) is 2.77. The first-order valence-electron chi connectivity index (χ1n) is 5.84. The highest BCUT2D eigenvalue weighted by Crippen LogP contribution is 2.16. The number of rotatable bonds is 7. The molecule has 0 saturated carbocycles. The Bertz CT molecular complexity index is 412. The number of hydrogen-bond donors (Lipinski definition) is 2. The van der Waals surface area contributed by atoms with Crippen molar-refractivity contribution in [3.05, 3.63) is 17.9 Å². The Labute approximate surface area is 105 Å². The Morgan fingerprint density at radius 1 is 1.44 bits per heavy atom. The van der Waals surface area contributed by atoms with Gasteiger partial charge in [-0.2, -0.15) is 0 Å². The number of amides is 1. The Morgan fingerprint density at radius 2 is 2.17 bits per heavy atom. The van der Waals surface area contributed by atoms with Crippen molar-refractivity contribution in [3.8, 4) is 5.95 Å². The van der Waals surface area contributed by atoms with Gasteiger partial charge in [-0.15, -0.1) is 0 Å². The maximum Gasteiger partial charge on any atom is 0.326 e. The Morgan fingerprint density at radius 3 is 2.72 bits per heavy atom. The summed E-state index contributed by atoms with van der Waals surface area (Å²) in [6.07, 6.45) is 1.04. The summed E-state index contributed by atoms with van der Waals surface area (Å²) in [6.45, 7) is 4.08. The molecule has 1 atom stereocenters. The molecule has 6 nitrogen and oxygen atoms in total. The lowest BCUT2D eigenvalue weighted by Crippen LogP contribution is -2.40. The molecule has 0 unspecified atom stereocenters. The number of aliphatic carboxylic acids is 1. The van der Waals surface area contributed by atoms with E-state index >= 15 is 0 Å². The van der Waals surface area contributed by atoms with E-state index in [1.54, 1.807) is 6.92 Å². The van der Waals surface area contributed by atoms with Crippen molar-refractivity contribution in [1.82, 2.24) is 5.32 Å². The highest BCUT2D eigenvalue weighted by atomic mass is 16.6. The molecule has 0 aliphatic rings. The first-order chi connectivity index (χ1) is 8.58. The number of carboxylic acid groups (broad SMARTS) is 1. The van der Waals surface area contributed by atoms with E-state index in [9.17, 15) is 9.59 Å². The Balaban J connectivity index is 2.64. The molecule has 1 aromatic heterocycles. The summed E-state index contributed by atoms with van der Waals surface area (Å²) in [5.41, 5.74) is 0. The van der Waals surface area contributed by atoms with Gasteiger partial charge in [0.05, 0.1) is 6.61 Å². The molecule has 1 rings (SSSR count). The average molecular weight is 255 g/mol. The summed E-state index contributed by atoms with van der Waals surface area (Å²) in [5.74, 6) is -1.32. The third-order valence-corrected chi connectivity index (χ3v) is 2.27. The maximum atomic E-state index is 11.7. The minimum atomic E-state index is -1.05. The van der Waals surface area contributed by atoms with Crippen LogP contribution in [0, 0.1) is 0 Å². The maximum absolute atomic E-state index is 11.7. The number of carbonyl (C=O) groups excluding carboxylic acids is 1. The van der Waals surface area contributed by atoms with Crippen LogP contribution < -0.4 is 10.1 Å². The van der Waals surface area contributed by atoms with Crippen molar-refractivity contribution in [2.45, 2.75) is 32.7 Å². The number of nitrogens with one attached hydrogen (secondary N) is 1. The van der Waals surface area contributed by atoms with Gasteiger partial charge in [-0.3, -0.25) is 4.79 Å². The molecule has 0 bridgehead atoms. The SMILES string of the molecule is CCC[C@H](NC(=O)c1ccc(OCC)o1)C(=O)O. The van der Waals surface area contributed by atoms with Gasteiger partial charge < -0.3 is 19.6 Å². The van der Waals surface area contributed by atoms with Gasteiger partial charge in [0, 0.05) is 6.07 Å². The second-order valence-corrected chi connectivity index (χ2v) is 3.70. The zero-order valence-electron chi connectivity index (χ0n) is 10.4.